The number of aromatic nitrogens is 2. The standard InChI is InChI=1S/C10H15N3OS/c11-9-6-13(7-12-10(9)14)5-8-3-1-2-4-15-8/h6-8H,1-5,11H2. The van der Waals surface area contributed by atoms with E-state index >= 15 is 0 Å². The maximum Gasteiger partial charge on any atom is 0.295 e. The van der Waals surface area contributed by atoms with Gasteiger partial charge in [-0.25, -0.2) is 0 Å². The number of rotatable bonds is 2. The van der Waals surface area contributed by atoms with Crippen molar-refractivity contribution in [2.45, 2.75) is 31.1 Å². The lowest BCUT2D eigenvalue weighted by atomic mass is 10.2. The molecule has 1 unspecified atom stereocenters. The minimum absolute atomic E-state index is 0.235. The minimum atomic E-state index is -0.331. The maximum atomic E-state index is 11.0. The predicted octanol–water partition coefficient (Wildman–Crippen LogP) is 1.11. The fourth-order valence-corrected chi connectivity index (χ4v) is 3.07. The molecular formula is C10H15N3OS. The second kappa shape index (κ2) is 4.70. The summed E-state index contributed by atoms with van der Waals surface area (Å²) in [7, 11) is 0. The van der Waals surface area contributed by atoms with Crippen molar-refractivity contribution in [3.63, 3.8) is 0 Å². The van der Waals surface area contributed by atoms with Crippen molar-refractivity contribution in [3.05, 3.63) is 22.9 Å². The smallest absolute Gasteiger partial charge is 0.295 e. The molecule has 1 atom stereocenters. The van der Waals surface area contributed by atoms with Gasteiger partial charge < -0.3 is 10.3 Å². The fraction of sp³-hybridized carbons (Fsp3) is 0.600. The normalized spacial score (nSPS) is 21.5. The van der Waals surface area contributed by atoms with Crippen molar-refractivity contribution in [1.29, 1.82) is 0 Å². The Morgan fingerprint density at radius 1 is 1.60 bits per heavy atom. The first kappa shape index (κ1) is 10.5. The summed E-state index contributed by atoms with van der Waals surface area (Å²) < 4.78 is 1.92. The fourth-order valence-electron chi connectivity index (χ4n) is 1.75. The Hall–Kier alpha value is -0.970. The SMILES string of the molecule is Nc1cn(CC2CCCCS2)cnc1=O. The average Bonchev–Trinajstić information content (AvgIpc) is 2.25. The van der Waals surface area contributed by atoms with Crippen LogP contribution in [0.5, 0.6) is 0 Å². The number of nitrogens with two attached hydrogens (primary N) is 1. The van der Waals surface area contributed by atoms with E-state index in [1.54, 1.807) is 12.5 Å². The monoisotopic (exact) mass is 225 g/mol. The molecule has 1 aromatic rings. The summed E-state index contributed by atoms with van der Waals surface area (Å²) in [6, 6.07) is 0. The van der Waals surface area contributed by atoms with Gasteiger partial charge in [0.25, 0.3) is 5.56 Å². The van der Waals surface area contributed by atoms with Crippen molar-refractivity contribution >= 4 is 17.4 Å². The molecule has 1 saturated heterocycles. The predicted molar refractivity (Wildman–Crippen MR) is 63.0 cm³/mol. The van der Waals surface area contributed by atoms with Crippen LogP contribution in [0.1, 0.15) is 19.3 Å². The second-order valence-corrected chi connectivity index (χ2v) is 5.23. The zero-order valence-electron chi connectivity index (χ0n) is 8.56. The number of nitrogens with zero attached hydrogens (tertiary/aromatic N) is 2. The van der Waals surface area contributed by atoms with Crippen LogP contribution in [0.25, 0.3) is 0 Å². The van der Waals surface area contributed by atoms with Crippen molar-refractivity contribution in [2.75, 3.05) is 11.5 Å². The summed E-state index contributed by atoms with van der Waals surface area (Å²) in [5, 5.41) is 0.641. The molecule has 0 radical (unpaired) electrons. The molecule has 0 amide bonds. The Morgan fingerprint density at radius 2 is 2.47 bits per heavy atom. The number of nitrogen functional groups attached to an aromatic ring is 1. The van der Waals surface area contributed by atoms with E-state index in [2.05, 4.69) is 4.98 Å². The highest BCUT2D eigenvalue weighted by atomic mass is 32.2. The number of anilines is 1. The zero-order valence-corrected chi connectivity index (χ0v) is 9.37. The number of hydrogen-bond acceptors (Lipinski definition) is 4. The van der Waals surface area contributed by atoms with Gasteiger partial charge in [0.1, 0.15) is 5.69 Å². The van der Waals surface area contributed by atoms with Gasteiger partial charge in [0, 0.05) is 18.0 Å². The van der Waals surface area contributed by atoms with Crippen molar-refractivity contribution in [1.82, 2.24) is 9.55 Å². The molecule has 0 saturated carbocycles. The summed E-state index contributed by atoms with van der Waals surface area (Å²) in [5.74, 6) is 1.24. The molecule has 0 aliphatic carbocycles. The lowest BCUT2D eigenvalue weighted by Gasteiger charge is -2.22. The molecule has 82 valence electrons. The van der Waals surface area contributed by atoms with Gasteiger partial charge >= 0.3 is 0 Å². The molecule has 0 aromatic carbocycles. The van der Waals surface area contributed by atoms with Gasteiger partial charge in [-0.15, -0.1) is 0 Å². The molecule has 0 spiro atoms. The largest absolute Gasteiger partial charge is 0.393 e. The first-order chi connectivity index (χ1) is 7.25. The second-order valence-electron chi connectivity index (χ2n) is 3.82. The number of hydrogen-bond donors (Lipinski definition) is 1. The van der Waals surface area contributed by atoms with Gasteiger partial charge in [-0.1, -0.05) is 6.42 Å². The highest BCUT2D eigenvalue weighted by Gasteiger charge is 2.14. The molecule has 4 nitrogen and oxygen atoms in total. The first-order valence-electron chi connectivity index (χ1n) is 5.19. The van der Waals surface area contributed by atoms with Gasteiger partial charge in [0.15, 0.2) is 0 Å². The van der Waals surface area contributed by atoms with Crippen LogP contribution >= 0.6 is 11.8 Å². The summed E-state index contributed by atoms with van der Waals surface area (Å²) in [4.78, 5) is 14.7. The third kappa shape index (κ3) is 2.75. The Kier molecular flexibility index (Phi) is 3.30. The van der Waals surface area contributed by atoms with E-state index in [9.17, 15) is 4.79 Å². The van der Waals surface area contributed by atoms with E-state index in [1.807, 2.05) is 16.3 Å². The molecule has 1 aliphatic rings. The van der Waals surface area contributed by atoms with Crippen molar-refractivity contribution in [2.24, 2.45) is 0 Å². The highest BCUT2D eigenvalue weighted by Crippen LogP contribution is 2.26. The third-order valence-corrected chi connectivity index (χ3v) is 3.94. The maximum absolute atomic E-state index is 11.0. The summed E-state index contributed by atoms with van der Waals surface area (Å²) in [6.07, 6.45) is 7.14. The molecule has 5 heteroatoms. The average molecular weight is 225 g/mol. The van der Waals surface area contributed by atoms with Gasteiger partial charge in [-0.2, -0.15) is 16.7 Å². The molecule has 15 heavy (non-hydrogen) atoms. The van der Waals surface area contributed by atoms with Crippen LogP contribution in [0, 0.1) is 0 Å². The van der Waals surface area contributed by atoms with E-state index in [1.165, 1.54) is 25.0 Å². The molecule has 1 fully saturated rings. The van der Waals surface area contributed by atoms with Crippen LogP contribution in [-0.4, -0.2) is 20.6 Å². The Labute approximate surface area is 92.9 Å². The lowest BCUT2D eigenvalue weighted by molar-refractivity contribution is 0.575. The van der Waals surface area contributed by atoms with Crippen LogP contribution < -0.4 is 11.3 Å². The molecule has 0 bridgehead atoms. The molecule has 2 rings (SSSR count). The van der Waals surface area contributed by atoms with E-state index in [4.69, 9.17) is 5.73 Å². The molecule has 1 aliphatic heterocycles. The van der Waals surface area contributed by atoms with Gasteiger partial charge in [-0.3, -0.25) is 4.79 Å². The quantitative estimate of drug-likeness (QED) is 0.819. The summed E-state index contributed by atoms with van der Waals surface area (Å²) in [6.45, 7) is 0.905. The van der Waals surface area contributed by atoms with E-state index in [0.717, 1.165) is 6.54 Å². The lowest BCUT2D eigenvalue weighted by Crippen LogP contribution is -2.20. The van der Waals surface area contributed by atoms with Crippen LogP contribution in [0.15, 0.2) is 17.3 Å². The Balaban J connectivity index is 2.03. The van der Waals surface area contributed by atoms with Crippen LogP contribution in [-0.2, 0) is 6.54 Å². The first-order valence-corrected chi connectivity index (χ1v) is 6.24. The Bertz CT molecular complexity index is 384. The molecule has 2 heterocycles. The highest BCUT2D eigenvalue weighted by molar-refractivity contribution is 7.99. The van der Waals surface area contributed by atoms with Crippen LogP contribution in [0.3, 0.4) is 0 Å². The van der Waals surface area contributed by atoms with E-state index in [-0.39, 0.29) is 11.2 Å². The third-order valence-electron chi connectivity index (χ3n) is 2.56. The van der Waals surface area contributed by atoms with Crippen LogP contribution in [0.2, 0.25) is 0 Å². The topological polar surface area (TPSA) is 60.9 Å². The summed E-state index contributed by atoms with van der Waals surface area (Å²) in [5.41, 5.74) is 5.43. The molecule has 2 N–H and O–H groups in total. The van der Waals surface area contributed by atoms with Crippen LogP contribution in [0.4, 0.5) is 5.69 Å². The number of thioether (sulfide) groups is 1. The van der Waals surface area contributed by atoms with Crippen molar-refractivity contribution in [3.8, 4) is 0 Å². The van der Waals surface area contributed by atoms with Gasteiger partial charge in [0.2, 0.25) is 0 Å². The van der Waals surface area contributed by atoms with Gasteiger partial charge in [0.05, 0.1) is 6.33 Å². The van der Waals surface area contributed by atoms with Crippen molar-refractivity contribution < 1.29 is 0 Å². The molecular weight excluding hydrogens is 210 g/mol. The van der Waals surface area contributed by atoms with E-state index < -0.39 is 0 Å². The Morgan fingerprint density at radius 3 is 3.13 bits per heavy atom. The van der Waals surface area contributed by atoms with E-state index in [0.29, 0.717) is 5.25 Å². The minimum Gasteiger partial charge on any atom is -0.393 e. The van der Waals surface area contributed by atoms with Gasteiger partial charge in [-0.05, 0) is 18.6 Å². The molecule has 1 aromatic heterocycles. The zero-order chi connectivity index (χ0) is 10.7. The summed E-state index contributed by atoms with van der Waals surface area (Å²) >= 11 is 2.00.